The van der Waals surface area contributed by atoms with Crippen LogP contribution in [0.5, 0.6) is 0 Å². The third kappa shape index (κ3) is 7.33. The molecule has 1 heterocycles. The summed E-state index contributed by atoms with van der Waals surface area (Å²) in [6, 6.07) is 10.3. The van der Waals surface area contributed by atoms with Crippen molar-refractivity contribution in [1.29, 1.82) is 0 Å². The Morgan fingerprint density at radius 1 is 1.35 bits per heavy atom. The van der Waals surface area contributed by atoms with E-state index in [0.29, 0.717) is 25.0 Å². The summed E-state index contributed by atoms with van der Waals surface area (Å²) in [6.07, 6.45) is 2.70. The summed E-state index contributed by atoms with van der Waals surface area (Å²) in [5.74, 6) is 0.793. The molecule has 0 saturated carbocycles. The maximum Gasteiger partial charge on any atom is 0.410 e. The Labute approximate surface area is 156 Å². The smallest absolute Gasteiger partial charge is 0.410 e. The molecule has 0 spiro atoms. The first-order valence-corrected chi connectivity index (χ1v) is 9.39. The molecule has 1 atom stereocenters. The Morgan fingerprint density at radius 2 is 2.08 bits per heavy atom. The van der Waals surface area contributed by atoms with E-state index in [9.17, 15) is 4.79 Å². The molecule has 6 heteroatoms. The molecule has 0 aliphatic carbocycles. The first kappa shape index (κ1) is 20.1. The predicted octanol–water partition coefficient (Wildman–Crippen LogP) is 2.78. The number of ether oxygens (including phenoxy) is 1. The van der Waals surface area contributed by atoms with E-state index in [2.05, 4.69) is 22.4 Å². The van der Waals surface area contributed by atoms with Gasteiger partial charge in [-0.15, -0.1) is 0 Å². The van der Waals surface area contributed by atoms with Gasteiger partial charge in [0.1, 0.15) is 5.60 Å². The van der Waals surface area contributed by atoms with Crippen LogP contribution in [0.4, 0.5) is 4.79 Å². The Hall–Kier alpha value is -2.24. The van der Waals surface area contributed by atoms with Crippen molar-refractivity contribution in [3.8, 4) is 0 Å². The lowest BCUT2D eigenvalue weighted by Gasteiger charge is -2.33. The number of benzene rings is 1. The molecule has 1 aromatic rings. The number of aliphatic imine (C=N–C) groups is 1. The van der Waals surface area contributed by atoms with E-state index in [0.717, 1.165) is 32.4 Å². The quantitative estimate of drug-likeness (QED) is 0.625. The number of amides is 1. The maximum absolute atomic E-state index is 12.2. The van der Waals surface area contributed by atoms with Gasteiger partial charge in [-0.2, -0.15) is 0 Å². The summed E-state index contributed by atoms with van der Waals surface area (Å²) < 4.78 is 5.46. The predicted molar refractivity (Wildman–Crippen MR) is 105 cm³/mol. The zero-order valence-electron chi connectivity index (χ0n) is 16.2. The third-order valence-corrected chi connectivity index (χ3v) is 4.25. The van der Waals surface area contributed by atoms with Crippen LogP contribution in [0.3, 0.4) is 0 Å². The Balaban J connectivity index is 1.73. The molecule has 1 fully saturated rings. The number of carbonyl (C=O) groups excluding carboxylic acids is 1. The minimum absolute atomic E-state index is 0.236. The number of carbonyl (C=O) groups is 1. The number of piperidine rings is 1. The maximum atomic E-state index is 12.2. The van der Waals surface area contributed by atoms with E-state index in [-0.39, 0.29) is 6.09 Å². The van der Waals surface area contributed by atoms with Gasteiger partial charge >= 0.3 is 6.09 Å². The highest BCUT2D eigenvalue weighted by atomic mass is 16.6. The van der Waals surface area contributed by atoms with Gasteiger partial charge in [-0.05, 0) is 51.5 Å². The van der Waals surface area contributed by atoms with Gasteiger partial charge in [0.25, 0.3) is 0 Å². The zero-order valence-corrected chi connectivity index (χ0v) is 16.2. The lowest BCUT2D eigenvalue weighted by molar-refractivity contribution is 0.0171. The number of guanidine groups is 1. The van der Waals surface area contributed by atoms with Gasteiger partial charge in [0.2, 0.25) is 0 Å². The molecular formula is C20H32N4O2. The van der Waals surface area contributed by atoms with Crippen LogP contribution in [0.25, 0.3) is 0 Å². The Bertz CT molecular complexity index is 596. The number of rotatable bonds is 5. The van der Waals surface area contributed by atoms with E-state index in [1.54, 1.807) is 4.90 Å². The molecule has 1 aromatic carbocycles. The van der Waals surface area contributed by atoms with Crippen LogP contribution in [0.15, 0.2) is 35.3 Å². The van der Waals surface area contributed by atoms with Crippen molar-refractivity contribution in [2.45, 2.75) is 45.6 Å². The summed E-state index contributed by atoms with van der Waals surface area (Å²) in [5.41, 5.74) is 6.77. The third-order valence-electron chi connectivity index (χ3n) is 4.25. The number of hydrogen-bond acceptors (Lipinski definition) is 3. The van der Waals surface area contributed by atoms with Gasteiger partial charge in [0.15, 0.2) is 5.96 Å². The molecule has 1 saturated heterocycles. The minimum Gasteiger partial charge on any atom is -0.444 e. The molecule has 0 radical (unpaired) electrons. The molecule has 1 aliphatic heterocycles. The van der Waals surface area contributed by atoms with Crippen LogP contribution in [0, 0.1) is 5.92 Å². The molecule has 0 aromatic heterocycles. The first-order valence-electron chi connectivity index (χ1n) is 9.39. The molecule has 6 nitrogen and oxygen atoms in total. The van der Waals surface area contributed by atoms with Crippen LogP contribution < -0.4 is 11.1 Å². The first-order chi connectivity index (χ1) is 12.3. The fourth-order valence-corrected chi connectivity index (χ4v) is 2.97. The van der Waals surface area contributed by atoms with Gasteiger partial charge in [-0.1, -0.05) is 30.3 Å². The highest BCUT2D eigenvalue weighted by Crippen LogP contribution is 2.19. The van der Waals surface area contributed by atoms with Crippen molar-refractivity contribution >= 4 is 12.1 Å². The van der Waals surface area contributed by atoms with Gasteiger partial charge in [-0.25, -0.2) is 4.79 Å². The molecule has 2 rings (SSSR count). The standard InChI is InChI=1S/C20H32N4O2/c1-20(2,3)26-19(25)24-13-7-10-17(15-24)14-23-18(21)22-12-11-16-8-5-4-6-9-16/h4-6,8-9,17H,7,10-15H2,1-3H3,(H3,21,22,23). The van der Waals surface area contributed by atoms with E-state index in [1.807, 2.05) is 39.0 Å². The lowest BCUT2D eigenvalue weighted by Crippen LogP contribution is -2.43. The van der Waals surface area contributed by atoms with E-state index >= 15 is 0 Å². The van der Waals surface area contributed by atoms with Crippen LogP contribution in [0.1, 0.15) is 39.2 Å². The molecular weight excluding hydrogens is 328 g/mol. The Kier molecular flexibility index (Phi) is 7.30. The lowest BCUT2D eigenvalue weighted by atomic mass is 9.98. The highest BCUT2D eigenvalue weighted by molar-refractivity contribution is 5.77. The fraction of sp³-hybridized carbons (Fsp3) is 0.600. The highest BCUT2D eigenvalue weighted by Gasteiger charge is 2.27. The van der Waals surface area contributed by atoms with Crippen LogP contribution >= 0.6 is 0 Å². The summed E-state index contributed by atoms with van der Waals surface area (Å²) in [5, 5.41) is 3.16. The average Bonchev–Trinajstić information content (AvgIpc) is 2.60. The second kappa shape index (κ2) is 9.46. The van der Waals surface area contributed by atoms with Crippen LogP contribution in [-0.2, 0) is 11.2 Å². The SMILES string of the molecule is CC(C)(C)OC(=O)N1CCCC(CN=C(N)NCCc2ccccc2)C1. The van der Waals surface area contributed by atoms with Crippen LogP contribution in [-0.4, -0.2) is 48.7 Å². The van der Waals surface area contributed by atoms with Crippen LogP contribution in [0.2, 0.25) is 0 Å². The largest absolute Gasteiger partial charge is 0.444 e. The van der Waals surface area contributed by atoms with Crippen molar-refractivity contribution in [3.63, 3.8) is 0 Å². The summed E-state index contributed by atoms with van der Waals surface area (Å²) >= 11 is 0. The second-order valence-corrected chi connectivity index (χ2v) is 7.82. The number of likely N-dealkylation sites (tertiary alicyclic amines) is 1. The molecule has 26 heavy (non-hydrogen) atoms. The molecule has 0 bridgehead atoms. The van der Waals surface area contributed by atoms with Gasteiger partial charge < -0.3 is 20.7 Å². The number of hydrogen-bond donors (Lipinski definition) is 2. The number of nitrogens with two attached hydrogens (primary N) is 1. The Morgan fingerprint density at radius 3 is 2.77 bits per heavy atom. The minimum atomic E-state index is -0.463. The topological polar surface area (TPSA) is 80.0 Å². The fourth-order valence-electron chi connectivity index (χ4n) is 2.97. The number of nitrogens with one attached hydrogen (secondary N) is 1. The van der Waals surface area contributed by atoms with Gasteiger partial charge in [-0.3, -0.25) is 4.99 Å². The molecule has 1 amide bonds. The molecule has 144 valence electrons. The van der Waals surface area contributed by atoms with Crippen molar-refractivity contribution in [3.05, 3.63) is 35.9 Å². The summed E-state index contributed by atoms with van der Waals surface area (Å²) in [4.78, 5) is 18.4. The van der Waals surface area contributed by atoms with E-state index in [1.165, 1.54) is 5.56 Å². The average molecular weight is 361 g/mol. The second-order valence-electron chi connectivity index (χ2n) is 7.82. The molecule has 1 unspecified atom stereocenters. The summed E-state index contributed by atoms with van der Waals surface area (Å²) in [6.45, 7) is 8.47. The van der Waals surface area contributed by atoms with Crippen molar-refractivity contribution in [2.24, 2.45) is 16.6 Å². The van der Waals surface area contributed by atoms with Crippen molar-refractivity contribution < 1.29 is 9.53 Å². The van der Waals surface area contributed by atoms with Crippen molar-refractivity contribution in [1.82, 2.24) is 10.2 Å². The summed E-state index contributed by atoms with van der Waals surface area (Å²) in [7, 11) is 0. The van der Waals surface area contributed by atoms with E-state index in [4.69, 9.17) is 10.5 Å². The van der Waals surface area contributed by atoms with Gasteiger partial charge in [0.05, 0.1) is 0 Å². The zero-order chi connectivity index (χ0) is 19.0. The number of nitrogens with zero attached hydrogens (tertiary/aromatic N) is 2. The normalized spacial score (nSPS) is 18.5. The van der Waals surface area contributed by atoms with Gasteiger partial charge in [0, 0.05) is 26.2 Å². The molecule has 3 N–H and O–H groups in total. The molecule has 1 aliphatic rings. The van der Waals surface area contributed by atoms with Crippen molar-refractivity contribution in [2.75, 3.05) is 26.2 Å². The van der Waals surface area contributed by atoms with E-state index < -0.39 is 5.60 Å². The monoisotopic (exact) mass is 360 g/mol.